The molecule has 0 radical (unpaired) electrons. The number of benzene rings is 1. The number of carbonyl (C=O) groups excluding carboxylic acids is 1. The molecule has 0 unspecified atom stereocenters. The Kier molecular flexibility index (Phi) is 4.76. The Hall–Kier alpha value is -2.21. The quantitative estimate of drug-likeness (QED) is 0.848. The zero-order valence-electron chi connectivity index (χ0n) is 15.4. The lowest BCUT2D eigenvalue weighted by Gasteiger charge is -2.39. The highest BCUT2D eigenvalue weighted by molar-refractivity contribution is 5.89. The first-order valence-electron chi connectivity index (χ1n) is 9.48. The number of para-hydroxylation sites is 1. The lowest BCUT2D eigenvalue weighted by Crippen LogP contribution is -2.45. The van der Waals surface area contributed by atoms with Crippen molar-refractivity contribution >= 4 is 22.6 Å². The van der Waals surface area contributed by atoms with Gasteiger partial charge < -0.3 is 14.5 Å². The van der Waals surface area contributed by atoms with Crippen LogP contribution in [0.2, 0.25) is 0 Å². The van der Waals surface area contributed by atoms with Crippen molar-refractivity contribution in [3.05, 3.63) is 30.6 Å². The van der Waals surface area contributed by atoms with E-state index in [2.05, 4.69) is 27.0 Å². The van der Waals surface area contributed by atoms with Gasteiger partial charge in [0.25, 0.3) is 0 Å². The van der Waals surface area contributed by atoms with Crippen LogP contribution in [0.3, 0.4) is 0 Å². The van der Waals surface area contributed by atoms with E-state index in [9.17, 15) is 4.79 Å². The van der Waals surface area contributed by atoms with Gasteiger partial charge in [-0.05, 0) is 44.2 Å². The minimum atomic E-state index is 0.0965. The summed E-state index contributed by atoms with van der Waals surface area (Å²) in [5, 5.41) is 1.12. The van der Waals surface area contributed by atoms with Crippen molar-refractivity contribution in [2.45, 2.75) is 37.6 Å². The Morgan fingerprint density at radius 3 is 2.77 bits per heavy atom. The number of rotatable bonds is 3. The van der Waals surface area contributed by atoms with Crippen LogP contribution in [0.15, 0.2) is 30.6 Å². The summed E-state index contributed by atoms with van der Waals surface area (Å²) in [4.78, 5) is 25.8. The Bertz CT molecular complexity index is 791. The zero-order chi connectivity index (χ0) is 18.0. The number of amides is 1. The van der Waals surface area contributed by atoms with Gasteiger partial charge in [0.05, 0.1) is 5.52 Å². The van der Waals surface area contributed by atoms with E-state index in [1.165, 1.54) is 6.42 Å². The van der Waals surface area contributed by atoms with E-state index < -0.39 is 0 Å². The Balaban J connectivity index is 1.62. The number of methoxy groups -OCH3 is 1. The molecule has 26 heavy (non-hydrogen) atoms. The molecule has 138 valence electrons. The molecule has 1 atom stereocenters. The van der Waals surface area contributed by atoms with Crippen molar-refractivity contribution in [3.63, 3.8) is 0 Å². The second-order valence-corrected chi connectivity index (χ2v) is 7.36. The number of carbonyl (C=O) groups is 1. The van der Waals surface area contributed by atoms with Crippen LogP contribution < -0.4 is 4.90 Å². The summed E-state index contributed by atoms with van der Waals surface area (Å²) in [5.74, 6) is 1.14. The number of fused-ring (bicyclic) bond motifs is 1. The average Bonchev–Trinajstić information content (AvgIpc) is 2.94. The summed E-state index contributed by atoms with van der Waals surface area (Å²) in [6, 6.07) is 8.23. The van der Waals surface area contributed by atoms with Gasteiger partial charge in [-0.3, -0.25) is 4.79 Å². The molecule has 2 aliphatic heterocycles. The van der Waals surface area contributed by atoms with Crippen molar-refractivity contribution in [2.24, 2.45) is 0 Å². The molecule has 6 nitrogen and oxygen atoms in total. The molecule has 1 amide bonds. The molecule has 1 aromatic carbocycles. The standard InChI is InChI=1S/C20H26N4O2/c1-26-14-18(25)23-11-4-8-20(10-13-23)9-5-12-24(20)19-16-6-2-3-7-17(16)21-15-22-19/h2-3,6-7,15H,4-5,8-14H2,1H3/t20-/m0/s1. The molecule has 0 bridgehead atoms. The van der Waals surface area contributed by atoms with E-state index in [1.54, 1.807) is 13.4 Å². The van der Waals surface area contributed by atoms with Gasteiger partial charge in [0.2, 0.25) is 5.91 Å². The minimum Gasteiger partial charge on any atom is -0.375 e. The normalized spacial score (nSPS) is 23.6. The van der Waals surface area contributed by atoms with Crippen molar-refractivity contribution < 1.29 is 9.53 Å². The van der Waals surface area contributed by atoms with Gasteiger partial charge in [0.1, 0.15) is 18.8 Å². The third kappa shape index (κ3) is 3.03. The van der Waals surface area contributed by atoms with E-state index in [-0.39, 0.29) is 18.1 Å². The van der Waals surface area contributed by atoms with Gasteiger partial charge in [-0.25, -0.2) is 9.97 Å². The molecule has 2 fully saturated rings. The first-order valence-corrected chi connectivity index (χ1v) is 9.48. The Morgan fingerprint density at radius 1 is 1.12 bits per heavy atom. The molecule has 2 saturated heterocycles. The van der Waals surface area contributed by atoms with Crippen LogP contribution in [-0.4, -0.2) is 59.7 Å². The van der Waals surface area contributed by atoms with Gasteiger partial charge in [-0.2, -0.15) is 0 Å². The number of hydrogen-bond acceptors (Lipinski definition) is 5. The monoisotopic (exact) mass is 354 g/mol. The lowest BCUT2D eigenvalue weighted by molar-refractivity contribution is -0.135. The van der Waals surface area contributed by atoms with E-state index in [0.29, 0.717) is 0 Å². The Morgan fingerprint density at radius 2 is 1.92 bits per heavy atom. The number of nitrogens with zero attached hydrogens (tertiary/aromatic N) is 4. The second-order valence-electron chi connectivity index (χ2n) is 7.36. The van der Waals surface area contributed by atoms with Crippen LogP contribution in [0.5, 0.6) is 0 Å². The van der Waals surface area contributed by atoms with Gasteiger partial charge in [0, 0.05) is 37.7 Å². The van der Waals surface area contributed by atoms with Crippen molar-refractivity contribution in [3.8, 4) is 0 Å². The minimum absolute atomic E-state index is 0.0965. The number of ether oxygens (including phenoxy) is 1. The fraction of sp³-hybridized carbons (Fsp3) is 0.550. The van der Waals surface area contributed by atoms with Crippen LogP contribution >= 0.6 is 0 Å². The smallest absolute Gasteiger partial charge is 0.248 e. The van der Waals surface area contributed by atoms with E-state index in [1.807, 2.05) is 17.0 Å². The maximum atomic E-state index is 12.2. The predicted molar refractivity (Wildman–Crippen MR) is 101 cm³/mol. The van der Waals surface area contributed by atoms with Crippen molar-refractivity contribution in [1.82, 2.24) is 14.9 Å². The number of aromatic nitrogens is 2. The maximum absolute atomic E-state index is 12.2. The molecule has 2 aliphatic rings. The molecule has 0 N–H and O–H groups in total. The van der Waals surface area contributed by atoms with Crippen LogP contribution in [0.25, 0.3) is 10.9 Å². The molecule has 1 spiro atoms. The summed E-state index contributed by atoms with van der Waals surface area (Å²) >= 11 is 0. The number of anilines is 1. The van der Waals surface area contributed by atoms with Crippen LogP contribution in [0, 0.1) is 0 Å². The highest BCUT2D eigenvalue weighted by Gasteiger charge is 2.43. The summed E-state index contributed by atoms with van der Waals surface area (Å²) in [6.45, 7) is 2.81. The predicted octanol–water partition coefficient (Wildman–Crippen LogP) is 2.63. The van der Waals surface area contributed by atoms with Gasteiger partial charge >= 0.3 is 0 Å². The fourth-order valence-electron chi connectivity index (χ4n) is 4.64. The average molecular weight is 354 g/mol. The molecular weight excluding hydrogens is 328 g/mol. The molecule has 0 saturated carbocycles. The van der Waals surface area contributed by atoms with E-state index >= 15 is 0 Å². The topological polar surface area (TPSA) is 58.6 Å². The highest BCUT2D eigenvalue weighted by atomic mass is 16.5. The first kappa shape index (κ1) is 17.2. The third-order valence-corrected chi connectivity index (χ3v) is 5.91. The SMILES string of the molecule is COCC(=O)N1CCC[C@]2(CCCN2c2ncnc3ccccc23)CC1. The third-order valence-electron chi connectivity index (χ3n) is 5.91. The largest absolute Gasteiger partial charge is 0.375 e. The van der Waals surface area contributed by atoms with Crippen LogP contribution in [0.4, 0.5) is 5.82 Å². The molecule has 0 aliphatic carbocycles. The maximum Gasteiger partial charge on any atom is 0.248 e. The number of hydrogen-bond donors (Lipinski definition) is 0. The molecule has 6 heteroatoms. The van der Waals surface area contributed by atoms with Crippen molar-refractivity contribution in [2.75, 3.05) is 38.3 Å². The summed E-state index contributed by atoms with van der Waals surface area (Å²) < 4.78 is 5.03. The van der Waals surface area contributed by atoms with Gasteiger partial charge in [0.15, 0.2) is 0 Å². The second kappa shape index (κ2) is 7.19. The molecule has 4 rings (SSSR count). The zero-order valence-corrected chi connectivity index (χ0v) is 15.4. The van der Waals surface area contributed by atoms with Crippen molar-refractivity contribution in [1.29, 1.82) is 0 Å². The van der Waals surface area contributed by atoms with E-state index in [4.69, 9.17) is 4.74 Å². The van der Waals surface area contributed by atoms with Gasteiger partial charge in [-0.15, -0.1) is 0 Å². The molecule has 2 aromatic rings. The van der Waals surface area contributed by atoms with Crippen LogP contribution in [0.1, 0.15) is 32.1 Å². The molecular formula is C20H26N4O2. The molecule has 3 heterocycles. The summed E-state index contributed by atoms with van der Waals surface area (Å²) in [5.41, 5.74) is 1.09. The summed E-state index contributed by atoms with van der Waals surface area (Å²) in [6.07, 6.45) is 7.12. The van der Waals surface area contributed by atoms with Gasteiger partial charge in [-0.1, -0.05) is 12.1 Å². The van der Waals surface area contributed by atoms with E-state index in [0.717, 1.165) is 62.0 Å². The first-order chi connectivity index (χ1) is 12.7. The highest BCUT2D eigenvalue weighted by Crippen LogP contribution is 2.42. The summed E-state index contributed by atoms with van der Waals surface area (Å²) in [7, 11) is 1.58. The fourth-order valence-corrected chi connectivity index (χ4v) is 4.64. The Labute approximate surface area is 154 Å². The van der Waals surface area contributed by atoms with Crippen LogP contribution in [-0.2, 0) is 9.53 Å². The number of likely N-dealkylation sites (tertiary alicyclic amines) is 1. The molecule has 1 aromatic heterocycles. The lowest BCUT2D eigenvalue weighted by atomic mass is 9.87.